The van der Waals surface area contributed by atoms with Crippen molar-refractivity contribution < 1.29 is 33.4 Å². The maximum atomic E-state index is 13.7. The molecule has 1 unspecified atom stereocenters. The van der Waals surface area contributed by atoms with Gasteiger partial charge in [-0.15, -0.1) is 0 Å². The number of nitrogens with one attached hydrogen (secondary N) is 3. The molecule has 12 heteroatoms. The summed E-state index contributed by atoms with van der Waals surface area (Å²) in [5, 5.41) is 9.03. The molecule has 51 heavy (non-hydrogen) atoms. The zero-order chi connectivity index (χ0) is 36.8. The van der Waals surface area contributed by atoms with Crippen molar-refractivity contribution in [1.29, 1.82) is 0 Å². The van der Waals surface area contributed by atoms with Gasteiger partial charge in [-0.05, 0) is 50.5 Å². The summed E-state index contributed by atoms with van der Waals surface area (Å²) in [4.78, 5) is 68.2. The highest BCUT2D eigenvalue weighted by atomic mass is 16.6. The number of benzene rings is 2. The Balaban J connectivity index is 1.40. The fraction of sp³-hybridized carbons (Fsp3) is 0.564. The first kappa shape index (κ1) is 39.8. The van der Waals surface area contributed by atoms with Gasteiger partial charge in [-0.1, -0.05) is 80.9 Å². The number of morpholine rings is 1. The van der Waals surface area contributed by atoms with E-state index in [1.807, 2.05) is 55.1 Å². The number of primary amides is 1. The first-order valence-electron chi connectivity index (χ1n) is 18.2. The summed E-state index contributed by atoms with van der Waals surface area (Å²) in [5.74, 6) is -1.81. The molecule has 278 valence electrons. The van der Waals surface area contributed by atoms with Gasteiger partial charge in [0.15, 0.2) is 11.6 Å². The van der Waals surface area contributed by atoms with Gasteiger partial charge in [0.05, 0.1) is 32.4 Å². The molecule has 2 aliphatic rings. The molecule has 5 N–H and O–H groups in total. The number of hydrogen-bond acceptors (Lipinski definition) is 9. The Hall–Kier alpha value is -3.97. The molecule has 2 aliphatic heterocycles. The molecule has 2 heterocycles. The predicted molar refractivity (Wildman–Crippen MR) is 194 cm³/mol. The molecular formula is C39H55N5O7. The average Bonchev–Trinajstić information content (AvgIpc) is 3.88. The topological polar surface area (TPSA) is 172 Å². The molecule has 0 aromatic heterocycles. The smallest absolute Gasteiger partial charge is 0.243 e. The Morgan fingerprint density at radius 3 is 2.12 bits per heavy atom. The third-order valence-electron chi connectivity index (χ3n) is 9.55. The SMILES string of the molecule is CC(C)C[C@H](NC[C@H](CCCC(NC(=O)[C@H](CCc1ccccc1)NC(=O)CN1CCOCC1)C(N)=O)C(=O)c1ccccc1)C(=O)[C@@]1(C)CO1. The maximum Gasteiger partial charge on any atom is 0.243 e. The number of amides is 3. The van der Waals surface area contributed by atoms with E-state index in [4.69, 9.17) is 15.2 Å². The van der Waals surface area contributed by atoms with Crippen molar-refractivity contribution in [2.45, 2.75) is 83.0 Å². The van der Waals surface area contributed by atoms with Gasteiger partial charge >= 0.3 is 0 Å². The molecule has 0 spiro atoms. The van der Waals surface area contributed by atoms with Crippen LogP contribution in [0.2, 0.25) is 0 Å². The summed E-state index contributed by atoms with van der Waals surface area (Å²) in [6.07, 6.45) is 2.47. The number of aryl methyl sites for hydroxylation is 1. The third-order valence-corrected chi connectivity index (χ3v) is 9.55. The van der Waals surface area contributed by atoms with Gasteiger partial charge in [0.1, 0.15) is 17.7 Å². The number of rotatable bonds is 22. The van der Waals surface area contributed by atoms with E-state index in [0.29, 0.717) is 70.6 Å². The van der Waals surface area contributed by atoms with Crippen molar-refractivity contribution in [2.24, 2.45) is 17.6 Å². The molecule has 2 aromatic carbocycles. The second kappa shape index (κ2) is 19.6. The third kappa shape index (κ3) is 12.9. The van der Waals surface area contributed by atoms with Crippen molar-refractivity contribution in [1.82, 2.24) is 20.9 Å². The number of carbonyl (C=O) groups is 5. The zero-order valence-electron chi connectivity index (χ0n) is 30.2. The minimum Gasteiger partial charge on any atom is -0.379 e. The minimum absolute atomic E-state index is 0.0162. The van der Waals surface area contributed by atoms with Gasteiger partial charge in [0, 0.05) is 31.1 Å². The Labute approximate surface area is 301 Å². The van der Waals surface area contributed by atoms with Gasteiger partial charge in [0.25, 0.3) is 0 Å². The van der Waals surface area contributed by atoms with E-state index in [9.17, 15) is 24.0 Å². The van der Waals surface area contributed by atoms with Crippen LogP contribution in [-0.4, -0.2) is 104 Å². The summed E-state index contributed by atoms with van der Waals surface area (Å²) < 4.78 is 10.8. The highest BCUT2D eigenvalue weighted by molar-refractivity contribution is 5.98. The van der Waals surface area contributed by atoms with Crippen LogP contribution in [0.5, 0.6) is 0 Å². The molecule has 0 saturated carbocycles. The molecule has 3 amide bonds. The van der Waals surface area contributed by atoms with Crippen molar-refractivity contribution in [2.75, 3.05) is 46.0 Å². The van der Waals surface area contributed by atoms with E-state index in [1.54, 1.807) is 31.2 Å². The highest BCUT2D eigenvalue weighted by Gasteiger charge is 2.49. The maximum absolute atomic E-state index is 13.7. The zero-order valence-corrected chi connectivity index (χ0v) is 30.2. The summed E-state index contributed by atoms with van der Waals surface area (Å²) in [6, 6.07) is 16.3. The quantitative estimate of drug-likeness (QED) is 0.106. The van der Waals surface area contributed by atoms with E-state index in [2.05, 4.69) is 16.0 Å². The average molecular weight is 706 g/mol. The lowest BCUT2D eigenvalue weighted by atomic mass is 9.89. The molecule has 0 radical (unpaired) electrons. The lowest BCUT2D eigenvalue weighted by Gasteiger charge is -2.27. The lowest BCUT2D eigenvalue weighted by molar-refractivity contribution is -0.132. The molecule has 4 rings (SSSR count). The van der Waals surface area contributed by atoms with Gasteiger partial charge < -0.3 is 31.2 Å². The first-order chi connectivity index (χ1) is 24.4. The van der Waals surface area contributed by atoms with Crippen molar-refractivity contribution in [3.8, 4) is 0 Å². The number of carbonyl (C=O) groups excluding carboxylic acids is 5. The number of ether oxygens (including phenoxy) is 2. The van der Waals surface area contributed by atoms with Gasteiger partial charge in [-0.2, -0.15) is 0 Å². The van der Waals surface area contributed by atoms with E-state index >= 15 is 0 Å². The Bertz CT molecular complexity index is 1440. The second-order valence-electron chi connectivity index (χ2n) is 14.3. The van der Waals surface area contributed by atoms with E-state index in [-0.39, 0.29) is 42.9 Å². The van der Waals surface area contributed by atoms with Crippen LogP contribution in [0.1, 0.15) is 68.8 Å². The summed E-state index contributed by atoms with van der Waals surface area (Å²) in [6.45, 7) is 9.02. The number of epoxide rings is 1. The number of Topliss-reactive ketones (excluding diaryl/α,β-unsaturated/α-hetero) is 2. The van der Waals surface area contributed by atoms with Crippen LogP contribution in [0, 0.1) is 11.8 Å². The van der Waals surface area contributed by atoms with Crippen LogP contribution in [-0.2, 0) is 35.1 Å². The number of nitrogens with zero attached hydrogens (tertiary/aromatic N) is 1. The monoisotopic (exact) mass is 705 g/mol. The molecule has 2 fully saturated rings. The summed E-state index contributed by atoms with van der Waals surface area (Å²) in [5.41, 5.74) is 6.56. The van der Waals surface area contributed by atoms with Crippen LogP contribution in [0.4, 0.5) is 0 Å². The standard InChI is InChI=1S/C39H55N5O7/c1-27(2)23-33(36(47)39(3)26-51-39)41-24-30(35(46)29-13-8-5-9-14-29)15-10-16-31(37(40)48)43-38(49)32(18-17-28-11-6-4-7-12-28)42-34(45)25-44-19-21-50-22-20-44/h4-9,11-14,27,30-33,41H,10,15-26H2,1-3H3,(H2,40,48)(H,42,45)(H,43,49)/t30-,31?,32-,33-,39+/m0/s1. The van der Waals surface area contributed by atoms with Crippen LogP contribution >= 0.6 is 0 Å². The van der Waals surface area contributed by atoms with Crippen LogP contribution in [0.15, 0.2) is 60.7 Å². The first-order valence-corrected chi connectivity index (χ1v) is 18.2. The van der Waals surface area contributed by atoms with Crippen molar-refractivity contribution in [3.05, 3.63) is 71.8 Å². The van der Waals surface area contributed by atoms with Gasteiger partial charge in [-0.25, -0.2) is 0 Å². The van der Waals surface area contributed by atoms with Crippen LogP contribution in [0.25, 0.3) is 0 Å². The Morgan fingerprint density at radius 2 is 1.51 bits per heavy atom. The van der Waals surface area contributed by atoms with Crippen LogP contribution < -0.4 is 21.7 Å². The van der Waals surface area contributed by atoms with Crippen LogP contribution in [0.3, 0.4) is 0 Å². The van der Waals surface area contributed by atoms with Crippen molar-refractivity contribution in [3.63, 3.8) is 0 Å². The molecule has 2 aromatic rings. The fourth-order valence-corrected chi connectivity index (χ4v) is 6.38. The largest absolute Gasteiger partial charge is 0.379 e. The number of hydrogen-bond donors (Lipinski definition) is 4. The molecule has 12 nitrogen and oxygen atoms in total. The normalized spacial score (nSPS) is 19.8. The predicted octanol–water partition coefficient (Wildman–Crippen LogP) is 2.44. The minimum atomic E-state index is -1.00. The fourth-order valence-electron chi connectivity index (χ4n) is 6.38. The molecule has 2 saturated heterocycles. The number of ketones is 2. The van der Waals surface area contributed by atoms with Gasteiger partial charge in [-0.3, -0.25) is 28.9 Å². The van der Waals surface area contributed by atoms with E-state index in [0.717, 1.165) is 5.56 Å². The Kier molecular flexibility index (Phi) is 15.3. The van der Waals surface area contributed by atoms with Crippen molar-refractivity contribution >= 4 is 29.3 Å². The summed E-state index contributed by atoms with van der Waals surface area (Å²) in [7, 11) is 0. The molecule has 5 atom stereocenters. The molecular weight excluding hydrogens is 650 g/mol. The summed E-state index contributed by atoms with van der Waals surface area (Å²) >= 11 is 0. The Morgan fingerprint density at radius 1 is 0.863 bits per heavy atom. The molecule has 0 bridgehead atoms. The lowest BCUT2D eigenvalue weighted by Crippen LogP contribution is -2.54. The van der Waals surface area contributed by atoms with E-state index < -0.39 is 41.5 Å². The van der Waals surface area contributed by atoms with E-state index in [1.165, 1.54) is 0 Å². The molecule has 0 aliphatic carbocycles. The number of nitrogens with two attached hydrogens (primary N) is 1. The van der Waals surface area contributed by atoms with Gasteiger partial charge in [0.2, 0.25) is 17.7 Å². The second-order valence-corrected chi connectivity index (χ2v) is 14.3. The highest BCUT2D eigenvalue weighted by Crippen LogP contribution is 2.30.